The molecule has 138 valence electrons. The van der Waals surface area contributed by atoms with Crippen LogP contribution >= 0.6 is 15.9 Å². The van der Waals surface area contributed by atoms with Crippen molar-refractivity contribution in [1.82, 2.24) is 9.55 Å². The van der Waals surface area contributed by atoms with Crippen LogP contribution < -0.4 is 11.0 Å². The third-order valence-electron chi connectivity index (χ3n) is 3.92. The van der Waals surface area contributed by atoms with E-state index >= 15 is 0 Å². The monoisotopic (exact) mass is 423 g/mol. The Labute approximate surface area is 157 Å². The average molecular weight is 424 g/mol. The SMILES string of the molecule is CCc1cn(C2COC(CO)O2)c(=O)nc1NC(=O)c1cccc(Br)c1. The fraction of sp³-hybridized carbons (Fsp3) is 0.353. The Morgan fingerprint density at radius 3 is 2.96 bits per heavy atom. The normalized spacial score (nSPS) is 19.5. The Hall–Kier alpha value is -2.07. The zero-order valence-electron chi connectivity index (χ0n) is 14.0. The first-order valence-corrected chi connectivity index (χ1v) is 8.88. The molecule has 2 atom stereocenters. The van der Waals surface area contributed by atoms with Gasteiger partial charge in [0.25, 0.3) is 5.91 Å². The van der Waals surface area contributed by atoms with Crippen LogP contribution in [-0.2, 0) is 15.9 Å². The highest BCUT2D eigenvalue weighted by Crippen LogP contribution is 2.21. The lowest BCUT2D eigenvalue weighted by molar-refractivity contribution is -0.0992. The van der Waals surface area contributed by atoms with E-state index in [9.17, 15) is 9.59 Å². The third kappa shape index (κ3) is 4.01. The van der Waals surface area contributed by atoms with E-state index in [1.807, 2.05) is 13.0 Å². The number of amides is 1. The molecular formula is C17H18BrN3O5. The number of aryl methyl sites for hydroxylation is 1. The standard InChI is InChI=1S/C17H18BrN3O5/c1-2-10-7-21(13-9-25-14(8-22)26-13)17(24)20-15(10)19-16(23)11-4-3-5-12(18)6-11/h3-7,13-14,22H,2,8-9H2,1H3,(H,19,20,23,24). The van der Waals surface area contributed by atoms with E-state index in [1.165, 1.54) is 4.57 Å². The van der Waals surface area contributed by atoms with Crippen LogP contribution in [0.2, 0.25) is 0 Å². The molecule has 1 aromatic carbocycles. The molecule has 2 N–H and O–H groups in total. The van der Waals surface area contributed by atoms with E-state index in [1.54, 1.807) is 24.4 Å². The number of hydrogen-bond donors (Lipinski definition) is 2. The lowest BCUT2D eigenvalue weighted by Gasteiger charge is -2.16. The second-order valence-electron chi connectivity index (χ2n) is 5.66. The molecule has 1 aliphatic rings. The van der Waals surface area contributed by atoms with Gasteiger partial charge in [-0.1, -0.05) is 28.9 Å². The maximum absolute atomic E-state index is 12.4. The molecule has 2 unspecified atom stereocenters. The summed E-state index contributed by atoms with van der Waals surface area (Å²) < 4.78 is 12.8. The maximum atomic E-state index is 12.4. The summed E-state index contributed by atoms with van der Waals surface area (Å²) in [6, 6.07) is 6.92. The van der Waals surface area contributed by atoms with Crippen molar-refractivity contribution in [2.24, 2.45) is 0 Å². The van der Waals surface area contributed by atoms with E-state index in [-0.39, 0.29) is 24.9 Å². The summed E-state index contributed by atoms with van der Waals surface area (Å²) >= 11 is 3.32. The number of benzene rings is 1. The van der Waals surface area contributed by atoms with E-state index in [4.69, 9.17) is 14.6 Å². The smallest absolute Gasteiger partial charge is 0.351 e. The van der Waals surface area contributed by atoms with Crippen LogP contribution in [0, 0.1) is 0 Å². The highest BCUT2D eigenvalue weighted by molar-refractivity contribution is 9.10. The van der Waals surface area contributed by atoms with Crippen LogP contribution in [0.3, 0.4) is 0 Å². The molecule has 0 saturated carbocycles. The summed E-state index contributed by atoms with van der Waals surface area (Å²) in [6.45, 7) is 1.74. The first-order valence-electron chi connectivity index (χ1n) is 8.08. The van der Waals surface area contributed by atoms with Crippen LogP contribution in [0.15, 0.2) is 39.7 Å². The van der Waals surface area contributed by atoms with Gasteiger partial charge in [0.1, 0.15) is 5.82 Å². The number of rotatable bonds is 5. The van der Waals surface area contributed by atoms with Gasteiger partial charge in [-0.25, -0.2) is 4.79 Å². The predicted molar refractivity (Wildman–Crippen MR) is 96.9 cm³/mol. The van der Waals surface area contributed by atoms with Crippen LogP contribution in [0.25, 0.3) is 0 Å². The van der Waals surface area contributed by atoms with Crippen LogP contribution in [0.1, 0.15) is 29.1 Å². The number of carbonyl (C=O) groups is 1. The highest BCUT2D eigenvalue weighted by Gasteiger charge is 2.28. The summed E-state index contributed by atoms with van der Waals surface area (Å²) in [6.07, 6.45) is 0.734. The van der Waals surface area contributed by atoms with Crippen molar-refractivity contribution in [3.05, 3.63) is 56.5 Å². The predicted octanol–water partition coefficient (Wildman–Crippen LogP) is 1.68. The van der Waals surface area contributed by atoms with Gasteiger partial charge in [-0.2, -0.15) is 4.98 Å². The van der Waals surface area contributed by atoms with E-state index < -0.39 is 18.2 Å². The summed E-state index contributed by atoms with van der Waals surface area (Å²) in [4.78, 5) is 28.8. The molecule has 0 bridgehead atoms. The van der Waals surface area contributed by atoms with Gasteiger partial charge < -0.3 is 19.9 Å². The lowest BCUT2D eigenvalue weighted by atomic mass is 10.2. The maximum Gasteiger partial charge on any atom is 0.351 e. The Morgan fingerprint density at radius 2 is 2.31 bits per heavy atom. The largest absolute Gasteiger partial charge is 0.391 e. The summed E-state index contributed by atoms with van der Waals surface area (Å²) in [5.74, 6) is -0.136. The van der Waals surface area contributed by atoms with Gasteiger partial charge in [0, 0.05) is 21.8 Å². The number of anilines is 1. The van der Waals surface area contributed by atoms with Crippen molar-refractivity contribution in [2.45, 2.75) is 25.9 Å². The van der Waals surface area contributed by atoms with E-state index in [0.717, 1.165) is 4.47 Å². The first kappa shape index (κ1) is 18.7. The third-order valence-corrected chi connectivity index (χ3v) is 4.41. The van der Waals surface area contributed by atoms with Gasteiger partial charge in [0.15, 0.2) is 12.5 Å². The molecule has 2 aromatic rings. The van der Waals surface area contributed by atoms with Gasteiger partial charge in [0.2, 0.25) is 0 Å². The minimum absolute atomic E-state index is 0.139. The van der Waals surface area contributed by atoms with Gasteiger partial charge in [-0.15, -0.1) is 0 Å². The summed E-state index contributed by atoms with van der Waals surface area (Å²) in [5, 5.41) is 11.8. The molecular weight excluding hydrogens is 406 g/mol. The Kier molecular flexibility index (Phi) is 5.82. The minimum atomic E-state index is -0.757. The molecule has 2 heterocycles. The minimum Gasteiger partial charge on any atom is -0.391 e. The quantitative estimate of drug-likeness (QED) is 0.758. The number of hydrogen-bond acceptors (Lipinski definition) is 6. The first-order chi connectivity index (χ1) is 12.5. The molecule has 1 aliphatic heterocycles. The zero-order chi connectivity index (χ0) is 18.7. The van der Waals surface area contributed by atoms with Crippen molar-refractivity contribution in [3.63, 3.8) is 0 Å². The van der Waals surface area contributed by atoms with Crippen LogP contribution in [0.4, 0.5) is 5.82 Å². The topological polar surface area (TPSA) is 103 Å². The average Bonchev–Trinajstić information content (AvgIpc) is 3.11. The second kappa shape index (κ2) is 8.09. The Balaban J connectivity index is 1.85. The zero-order valence-corrected chi connectivity index (χ0v) is 15.6. The number of ether oxygens (including phenoxy) is 2. The molecule has 26 heavy (non-hydrogen) atoms. The Morgan fingerprint density at radius 1 is 1.50 bits per heavy atom. The highest BCUT2D eigenvalue weighted by atomic mass is 79.9. The van der Waals surface area contributed by atoms with Crippen molar-refractivity contribution < 1.29 is 19.4 Å². The van der Waals surface area contributed by atoms with Crippen molar-refractivity contribution >= 4 is 27.7 Å². The molecule has 1 saturated heterocycles. The molecule has 1 aromatic heterocycles. The van der Waals surface area contributed by atoms with Gasteiger partial charge >= 0.3 is 5.69 Å². The van der Waals surface area contributed by atoms with Crippen LogP contribution in [0.5, 0.6) is 0 Å². The van der Waals surface area contributed by atoms with E-state index in [0.29, 0.717) is 17.5 Å². The van der Waals surface area contributed by atoms with Gasteiger partial charge in [-0.05, 0) is 24.6 Å². The number of halogens is 1. The number of aliphatic hydroxyl groups excluding tert-OH is 1. The number of nitrogens with zero attached hydrogens (tertiary/aromatic N) is 2. The fourth-order valence-electron chi connectivity index (χ4n) is 2.58. The summed E-state index contributed by atoms with van der Waals surface area (Å²) in [5.41, 5.74) is 0.564. The van der Waals surface area contributed by atoms with Crippen molar-refractivity contribution in [3.8, 4) is 0 Å². The molecule has 3 rings (SSSR count). The van der Waals surface area contributed by atoms with Gasteiger partial charge in [-0.3, -0.25) is 9.36 Å². The molecule has 0 radical (unpaired) electrons. The van der Waals surface area contributed by atoms with Crippen molar-refractivity contribution in [1.29, 1.82) is 0 Å². The molecule has 9 heteroatoms. The van der Waals surface area contributed by atoms with Gasteiger partial charge in [0.05, 0.1) is 13.2 Å². The number of aliphatic hydroxyl groups is 1. The van der Waals surface area contributed by atoms with Crippen LogP contribution in [-0.4, -0.2) is 40.1 Å². The lowest BCUT2D eigenvalue weighted by Crippen LogP contribution is -2.30. The summed E-state index contributed by atoms with van der Waals surface area (Å²) in [7, 11) is 0. The molecule has 1 fully saturated rings. The molecule has 1 amide bonds. The fourth-order valence-corrected chi connectivity index (χ4v) is 2.98. The Bertz CT molecular complexity index is 870. The molecule has 8 nitrogen and oxygen atoms in total. The molecule has 0 aliphatic carbocycles. The second-order valence-corrected chi connectivity index (χ2v) is 6.57. The number of nitrogens with one attached hydrogen (secondary N) is 1. The number of aromatic nitrogens is 2. The number of carbonyl (C=O) groups excluding carboxylic acids is 1. The van der Waals surface area contributed by atoms with E-state index in [2.05, 4.69) is 26.2 Å². The molecule has 0 spiro atoms. The van der Waals surface area contributed by atoms with Crippen molar-refractivity contribution in [2.75, 3.05) is 18.5 Å².